The Morgan fingerprint density at radius 1 is 0.372 bits per heavy atom. The van der Waals surface area contributed by atoms with Crippen LogP contribution in [0.15, 0.2) is 273 Å². The van der Waals surface area contributed by atoms with Crippen molar-refractivity contribution in [1.82, 2.24) is 0 Å². The number of esters is 8. The van der Waals surface area contributed by atoms with Gasteiger partial charge in [-0.3, -0.25) is 0 Å². The lowest BCUT2D eigenvalue weighted by Crippen LogP contribution is -2.65. The molecule has 113 heavy (non-hydrogen) atoms. The molecule has 0 spiro atoms. The molecule has 2 saturated heterocycles. The van der Waals surface area contributed by atoms with Crippen molar-refractivity contribution in [2.75, 3.05) is 46.4 Å². The van der Waals surface area contributed by atoms with E-state index >= 15 is 0 Å². The summed E-state index contributed by atoms with van der Waals surface area (Å²) in [7, 11) is 0. The Balaban J connectivity index is 0.923. The standard InChI is InChI=1S/C88H86O25/c1-58(102-56-71-75(109-83(94)63-40-20-6-21-41-63)72(90)77(111-85(96)65-44-24-8-25-45-65)88(107-71)101-51-31-11-30-50-99-52-59-32-12-2-13-33-59)73-78(112-86(97)66-46-26-9-27-47-66)79(113-87(98)67-48-28-10-29-49-67)76(110-84(95)64-42-22-7-23-43-64)70(106-73)54-100-57-105-69(55-104-81(92)61-36-16-4-17-37-61)74(108-82(93)62-38-18-5-19-39-62)68(89)53-103-80(91)60-34-14-3-15-35-60/h2-10,12-29,32-49,58,68-79,88-90H,11,30-31,50-57H2,1H3/t58?,68-,69-,70-,71-,72+,73+,74+,75-,76-,77-,78+,79+,88-/m1/s1. The van der Waals surface area contributed by atoms with E-state index < -0.39 is 167 Å². The van der Waals surface area contributed by atoms with Crippen LogP contribution in [-0.2, 0) is 77.7 Å². The average Bonchev–Trinajstić information content (AvgIpc) is 0.761. The third kappa shape index (κ3) is 24.0. The van der Waals surface area contributed by atoms with Crippen LogP contribution in [0.4, 0.5) is 0 Å². The second-order valence-corrected chi connectivity index (χ2v) is 26.3. The van der Waals surface area contributed by atoms with Gasteiger partial charge in [-0.25, -0.2) is 38.4 Å². The van der Waals surface area contributed by atoms with Gasteiger partial charge in [-0.15, -0.1) is 0 Å². The summed E-state index contributed by atoms with van der Waals surface area (Å²) in [6.45, 7) is -1.26. The first-order chi connectivity index (χ1) is 55.1. The number of rotatable bonds is 38. The number of carbonyl (C=O) groups is 8. The van der Waals surface area contributed by atoms with E-state index in [0.717, 1.165) is 5.56 Å². The molecule has 2 aliphatic heterocycles. The first-order valence-electron chi connectivity index (χ1n) is 36.9. The largest absolute Gasteiger partial charge is 0.459 e. The van der Waals surface area contributed by atoms with Gasteiger partial charge in [0.05, 0.1) is 70.4 Å². The van der Waals surface area contributed by atoms with Crippen LogP contribution in [0.5, 0.6) is 0 Å². The van der Waals surface area contributed by atoms with Crippen molar-refractivity contribution in [2.45, 2.75) is 118 Å². The van der Waals surface area contributed by atoms with Crippen molar-refractivity contribution in [3.63, 3.8) is 0 Å². The van der Waals surface area contributed by atoms with E-state index in [9.17, 15) is 48.6 Å². The topological polar surface area (TPSA) is 315 Å². The van der Waals surface area contributed by atoms with Crippen LogP contribution in [0.2, 0.25) is 0 Å². The van der Waals surface area contributed by atoms with Crippen molar-refractivity contribution in [2.24, 2.45) is 0 Å². The summed E-state index contributed by atoms with van der Waals surface area (Å²) >= 11 is 0. The molecular formula is C88H86O25. The van der Waals surface area contributed by atoms with Crippen LogP contribution >= 0.6 is 0 Å². The van der Waals surface area contributed by atoms with E-state index in [2.05, 4.69) is 0 Å². The van der Waals surface area contributed by atoms with Crippen LogP contribution in [-0.4, -0.2) is 190 Å². The van der Waals surface area contributed by atoms with Crippen LogP contribution < -0.4 is 0 Å². The van der Waals surface area contributed by atoms with Gasteiger partial charge in [0.15, 0.2) is 42.9 Å². The molecule has 11 rings (SSSR count). The molecule has 9 aromatic rings. The van der Waals surface area contributed by atoms with Crippen LogP contribution in [0.3, 0.4) is 0 Å². The Hall–Kier alpha value is -11.6. The second-order valence-electron chi connectivity index (χ2n) is 26.3. The quantitative estimate of drug-likeness (QED) is 0.0157. The van der Waals surface area contributed by atoms with Gasteiger partial charge >= 0.3 is 47.8 Å². The first-order valence-corrected chi connectivity index (χ1v) is 36.9. The molecule has 2 aliphatic rings. The molecule has 2 fully saturated rings. The predicted molar refractivity (Wildman–Crippen MR) is 404 cm³/mol. The minimum Gasteiger partial charge on any atom is -0.459 e. The molecule has 2 heterocycles. The van der Waals surface area contributed by atoms with Gasteiger partial charge in [0, 0.05) is 13.2 Å². The Kier molecular flexibility index (Phi) is 31.1. The lowest BCUT2D eigenvalue weighted by atomic mass is 9.91. The highest BCUT2D eigenvalue weighted by molar-refractivity contribution is 5.93. The number of carbonyl (C=O) groups excluding carboxylic acids is 8. The molecule has 14 atom stereocenters. The molecule has 0 saturated carbocycles. The minimum atomic E-state index is -1.88. The molecule has 0 bridgehead atoms. The summed E-state index contributed by atoms with van der Waals surface area (Å²) in [5, 5.41) is 24.7. The van der Waals surface area contributed by atoms with Crippen molar-refractivity contribution < 1.29 is 120 Å². The van der Waals surface area contributed by atoms with Gasteiger partial charge < -0.3 is 81.3 Å². The Bertz CT molecular complexity index is 4440. The van der Waals surface area contributed by atoms with E-state index in [1.165, 1.54) is 104 Å². The highest BCUT2D eigenvalue weighted by atomic mass is 16.7. The average molecular weight is 1540 g/mol. The molecule has 25 nitrogen and oxygen atoms in total. The summed E-state index contributed by atoms with van der Waals surface area (Å²) in [6.07, 6.45) is -21.8. The fourth-order valence-corrected chi connectivity index (χ4v) is 12.4. The van der Waals surface area contributed by atoms with Crippen molar-refractivity contribution in [3.05, 3.63) is 323 Å². The van der Waals surface area contributed by atoms with Gasteiger partial charge in [0.25, 0.3) is 0 Å². The monoisotopic (exact) mass is 1540 g/mol. The van der Waals surface area contributed by atoms with Gasteiger partial charge in [0.1, 0.15) is 56.6 Å². The molecule has 25 heteroatoms. The number of aliphatic hydroxyl groups excluding tert-OH is 2. The van der Waals surface area contributed by atoms with Crippen LogP contribution in [0.1, 0.15) is 115 Å². The maximum Gasteiger partial charge on any atom is 0.338 e. The number of hydrogen-bond acceptors (Lipinski definition) is 25. The molecular weight excluding hydrogens is 1460 g/mol. The first kappa shape index (κ1) is 82.3. The van der Waals surface area contributed by atoms with E-state index in [-0.39, 0.29) is 51.1 Å². The van der Waals surface area contributed by atoms with Gasteiger partial charge in [-0.2, -0.15) is 0 Å². The number of ether oxygens (including phenoxy) is 15. The third-order valence-corrected chi connectivity index (χ3v) is 18.3. The molecule has 9 aromatic carbocycles. The number of unbranched alkanes of at least 4 members (excludes halogenated alkanes) is 2. The SMILES string of the molecule is CC(OC[C@H]1O[C@@H](OCCCCCOCc2ccccc2)[C@H](OC(=O)c2ccccc2)[C@@H](O)[C@@H]1OC(=O)c1ccccc1)[C@@H]1O[C@H](COCO[C@H](COC(=O)c2ccccc2)[C@@H](OC(=O)c2ccccc2)[C@H](O)COC(=O)c2ccccc2)[C@@H](OC(=O)c2ccccc2)[C@H](OC(=O)c2ccccc2)[C@H]1OC(=O)c1ccccc1. The molecule has 2 N–H and O–H groups in total. The van der Waals surface area contributed by atoms with Gasteiger partial charge in [-0.05, 0) is 129 Å². The summed E-state index contributed by atoms with van der Waals surface area (Å²) in [5.74, 6) is -7.33. The zero-order valence-electron chi connectivity index (χ0n) is 61.6. The van der Waals surface area contributed by atoms with Crippen LogP contribution in [0.25, 0.3) is 0 Å². The van der Waals surface area contributed by atoms with Crippen LogP contribution in [0, 0.1) is 0 Å². The fraction of sp³-hybridized carbons (Fsp3) is 0.295. The van der Waals surface area contributed by atoms with Crippen molar-refractivity contribution in [1.29, 1.82) is 0 Å². The smallest absolute Gasteiger partial charge is 0.338 e. The fourth-order valence-electron chi connectivity index (χ4n) is 12.4. The summed E-state index contributed by atoms with van der Waals surface area (Å²) in [4.78, 5) is 114. The Morgan fingerprint density at radius 2 is 0.743 bits per heavy atom. The number of benzene rings is 9. The second kappa shape index (κ2) is 42.7. The normalized spacial score (nSPS) is 20.3. The van der Waals surface area contributed by atoms with E-state index in [1.807, 2.05) is 30.3 Å². The van der Waals surface area contributed by atoms with Crippen molar-refractivity contribution >= 4 is 47.8 Å². The highest BCUT2D eigenvalue weighted by Gasteiger charge is 2.56. The van der Waals surface area contributed by atoms with E-state index in [4.69, 9.17) is 71.1 Å². The van der Waals surface area contributed by atoms with Gasteiger partial charge in [0.2, 0.25) is 0 Å². The summed E-state index contributed by atoms with van der Waals surface area (Å²) in [6, 6.07) is 72.4. The third-order valence-electron chi connectivity index (χ3n) is 18.3. The summed E-state index contributed by atoms with van der Waals surface area (Å²) in [5.41, 5.74) is 1.60. The molecule has 1 unspecified atom stereocenters. The summed E-state index contributed by atoms with van der Waals surface area (Å²) < 4.78 is 94.1. The number of aliphatic hydroxyl groups is 2. The lowest BCUT2D eigenvalue weighted by Gasteiger charge is -2.47. The van der Waals surface area contributed by atoms with Gasteiger partial charge in [-0.1, -0.05) is 176 Å². The molecule has 0 aromatic heterocycles. The molecule has 0 aliphatic carbocycles. The number of hydrogen-bond donors (Lipinski definition) is 2. The zero-order valence-corrected chi connectivity index (χ0v) is 61.6. The highest BCUT2D eigenvalue weighted by Crippen LogP contribution is 2.36. The maximum atomic E-state index is 14.8. The van der Waals surface area contributed by atoms with Crippen molar-refractivity contribution in [3.8, 4) is 0 Å². The molecule has 0 amide bonds. The molecule has 0 radical (unpaired) electrons. The lowest BCUT2D eigenvalue weighted by molar-refractivity contribution is -0.306. The minimum absolute atomic E-state index is 0.0160. The Morgan fingerprint density at radius 3 is 1.20 bits per heavy atom. The maximum absolute atomic E-state index is 14.8. The molecule has 588 valence electrons. The predicted octanol–water partition coefficient (Wildman–Crippen LogP) is 11.4. The zero-order chi connectivity index (χ0) is 79.1. The van der Waals surface area contributed by atoms with E-state index in [1.54, 1.807) is 146 Å². The Labute approximate surface area is 652 Å². The van der Waals surface area contributed by atoms with E-state index in [0.29, 0.717) is 32.5 Å².